The number of benzene rings is 2. The van der Waals surface area contributed by atoms with Crippen LogP contribution in [0.25, 0.3) is 0 Å². The fourth-order valence-electron chi connectivity index (χ4n) is 1.88. The standard InChI is InChI=1S/C15H16N.HI/c1-16(2)15(13-9-5-3-6-10-13)14-11-7-4-8-12-14;/h3-12H,1-2H3;1H/q+1;/p-1. The highest BCUT2D eigenvalue weighted by Gasteiger charge is 2.13. The Hall–Kier alpha value is -1.16. The molecule has 2 heteroatoms. The van der Waals surface area contributed by atoms with E-state index in [2.05, 4.69) is 67.2 Å². The highest BCUT2D eigenvalue weighted by molar-refractivity contribution is 6.09. The molecule has 0 aromatic heterocycles. The smallest absolute Gasteiger partial charge is 0.214 e. The number of rotatable bonds is 2. The number of nitrogens with zero attached hydrogens (tertiary/aromatic N) is 1. The maximum absolute atomic E-state index is 2.16. The lowest BCUT2D eigenvalue weighted by Crippen LogP contribution is -3.00. The molecular weight excluding hydrogens is 321 g/mol. The van der Waals surface area contributed by atoms with Gasteiger partial charge in [0.2, 0.25) is 5.71 Å². The number of hydrogen-bond acceptors (Lipinski definition) is 0. The molecule has 0 spiro atoms. The molecule has 1 nitrogen and oxygen atoms in total. The van der Waals surface area contributed by atoms with Crippen LogP contribution in [0.5, 0.6) is 0 Å². The van der Waals surface area contributed by atoms with Gasteiger partial charge in [0.1, 0.15) is 14.1 Å². The minimum Gasteiger partial charge on any atom is -1.00 e. The topological polar surface area (TPSA) is 3.01 Å². The van der Waals surface area contributed by atoms with Gasteiger partial charge in [-0.3, -0.25) is 0 Å². The average molecular weight is 337 g/mol. The van der Waals surface area contributed by atoms with Crippen molar-refractivity contribution < 1.29 is 28.6 Å². The van der Waals surface area contributed by atoms with E-state index in [0.29, 0.717) is 0 Å². The molecule has 0 fully saturated rings. The molecule has 0 aliphatic heterocycles. The largest absolute Gasteiger partial charge is 1.00 e. The second-order valence-electron chi connectivity index (χ2n) is 3.98. The molecule has 0 aliphatic carbocycles. The SMILES string of the molecule is C[N+](C)=C(c1ccccc1)c1ccccc1.[I-]. The maximum atomic E-state index is 2.16. The monoisotopic (exact) mass is 337 g/mol. The molecule has 0 atom stereocenters. The van der Waals surface area contributed by atoms with Gasteiger partial charge in [-0.25, -0.2) is 4.58 Å². The molecule has 2 aromatic rings. The second kappa shape index (κ2) is 6.55. The first kappa shape index (κ1) is 13.9. The lowest BCUT2D eigenvalue weighted by Gasteiger charge is -2.04. The van der Waals surface area contributed by atoms with Gasteiger partial charge in [0.15, 0.2) is 0 Å². The van der Waals surface area contributed by atoms with Crippen LogP contribution in [-0.4, -0.2) is 24.4 Å². The average Bonchev–Trinajstić information content (AvgIpc) is 2.31. The molecule has 0 bridgehead atoms. The van der Waals surface area contributed by atoms with Gasteiger partial charge in [-0.15, -0.1) is 0 Å². The van der Waals surface area contributed by atoms with Crippen molar-refractivity contribution >= 4 is 5.71 Å². The minimum atomic E-state index is 0. The van der Waals surface area contributed by atoms with E-state index < -0.39 is 0 Å². The van der Waals surface area contributed by atoms with E-state index in [4.69, 9.17) is 0 Å². The lowest BCUT2D eigenvalue weighted by atomic mass is 10.0. The van der Waals surface area contributed by atoms with E-state index in [-0.39, 0.29) is 24.0 Å². The second-order valence-corrected chi connectivity index (χ2v) is 3.98. The van der Waals surface area contributed by atoms with Gasteiger partial charge in [0, 0.05) is 11.1 Å². The third kappa shape index (κ3) is 3.40. The molecule has 88 valence electrons. The Morgan fingerprint density at radius 2 is 1.06 bits per heavy atom. The first-order valence-corrected chi connectivity index (χ1v) is 5.44. The van der Waals surface area contributed by atoms with Crippen molar-refractivity contribution in [3.8, 4) is 0 Å². The van der Waals surface area contributed by atoms with Gasteiger partial charge in [0.25, 0.3) is 0 Å². The van der Waals surface area contributed by atoms with E-state index in [1.165, 1.54) is 16.8 Å². The van der Waals surface area contributed by atoms with Gasteiger partial charge in [0.05, 0.1) is 0 Å². The van der Waals surface area contributed by atoms with Crippen LogP contribution in [0.1, 0.15) is 11.1 Å². The molecule has 0 saturated heterocycles. The highest BCUT2D eigenvalue weighted by Crippen LogP contribution is 2.09. The molecule has 0 N–H and O–H groups in total. The maximum Gasteiger partial charge on any atom is 0.214 e. The van der Waals surface area contributed by atoms with Gasteiger partial charge >= 0.3 is 0 Å². The van der Waals surface area contributed by atoms with Crippen molar-refractivity contribution in [2.45, 2.75) is 0 Å². The van der Waals surface area contributed by atoms with Crippen LogP contribution in [0, 0.1) is 0 Å². The van der Waals surface area contributed by atoms with Crippen LogP contribution in [0.15, 0.2) is 60.7 Å². The molecule has 0 aliphatic rings. The Kier molecular flexibility index (Phi) is 5.35. The molecule has 0 heterocycles. The summed E-state index contributed by atoms with van der Waals surface area (Å²) >= 11 is 0. The molecule has 0 saturated carbocycles. The summed E-state index contributed by atoms with van der Waals surface area (Å²) in [6, 6.07) is 20.9. The summed E-state index contributed by atoms with van der Waals surface area (Å²) in [5.74, 6) is 0. The lowest BCUT2D eigenvalue weighted by molar-refractivity contribution is -0.463. The molecule has 0 radical (unpaired) electrons. The predicted molar refractivity (Wildman–Crippen MR) is 68.2 cm³/mol. The van der Waals surface area contributed by atoms with Gasteiger partial charge in [-0.05, 0) is 24.3 Å². The quantitative estimate of drug-likeness (QED) is 0.406. The van der Waals surface area contributed by atoms with Crippen molar-refractivity contribution in [2.75, 3.05) is 14.1 Å². The van der Waals surface area contributed by atoms with Gasteiger partial charge < -0.3 is 24.0 Å². The normalized spacial score (nSPS) is 9.29. The van der Waals surface area contributed by atoms with Crippen molar-refractivity contribution in [3.63, 3.8) is 0 Å². The van der Waals surface area contributed by atoms with E-state index in [9.17, 15) is 0 Å². The Bertz CT molecular complexity index is 443. The summed E-state index contributed by atoms with van der Waals surface area (Å²) < 4.78 is 2.16. The summed E-state index contributed by atoms with van der Waals surface area (Å²) in [4.78, 5) is 0. The van der Waals surface area contributed by atoms with Crippen molar-refractivity contribution in [3.05, 3.63) is 71.8 Å². The van der Waals surface area contributed by atoms with E-state index in [1.54, 1.807) is 0 Å². The molecule has 2 rings (SSSR count). The van der Waals surface area contributed by atoms with Crippen LogP contribution >= 0.6 is 0 Å². The molecule has 17 heavy (non-hydrogen) atoms. The first-order valence-electron chi connectivity index (χ1n) is 5.44. The Balaban J connectivity index is 0.00000144. The zero-order valence-corrected chi connectivity index (χ0v) is 12.3. The molecule has 0 unspecified atom stereocenters. The number of hydrogen-bond donors (Lipinski definition) is 0. The van der Waals surface area contributed by atoms with Crippen molar-refractivity contribution in [2.24, 2.45) is 0 Å². The van der Waals surface area contributed by atoms with Crippen molar-refractivity contribution in [1.29, 1.82) is 0 Å². The van der Waals surface area contributed by atoms with Crippen LogP contribution < -0.4 is 24.0 Å². The highest BCUT2D eigenvalue weighted by atomic mass is 127. The number of halogens is 1. The van der Waals surface area contributed by atoms with E-state index in [1.807, 2.05) is 12.1 Å². The Morgan fingerprint density at radius 3 is 1.35 bits per heavy atom. The molecular formula is C15H16IN. The van der Waals surface area contributed by atoms with E-state index >= 15 is 0 Å². The van der Waals surface area contributed by atoms with Crippen LogP contribution in [-0.2, 0) is 0 Å². The summed E-state index contributed by atoms with van der Waals surface area (Å²) in [5.41, 5.74) is 3.75. The van der Waals surface area contributed by atoms with Gasteiger partial charge in [-0.1, -0.05) is 36.4 Å². The first-order chi connectivity index (χ1) is 7.79. The van der Waals surface area contributed by atoms with Crippen LogP contribution in [0.4, 0.5) is 0 Å². The summed E-state index contributed by atoms with van der Waals surface area (Å²) in [7, 11) is 4.16. The van der Waals surface area contributed by atoms with Crippen LogP contribution in [0.3, 0.4) is 0 Å². The predicted octanol–water partition coefficient (Wildman–Crippen LogP) is -0.200. The molecule has 0 amide bonds. The van der Waals surface area contributed by atoms with Crippen molar-refractivity contribution in [1.82, 2.24) is 0 Å². The third-order valence-corrected chi connectivity index (χ3v) is 2.54. The van der Waals surface area contributed by atoms with E-state index in [0.717, 1.165) is 0 Å². The zero-order valence-electron chi connectivity index (χ0n) is 10.1. The fraction of sp³-hybridized carbons (Fsp3) is 0.133. The minimum absolute atomic E-state index is 0. The Labute approximate surface area is 120 Å². The molecule has 2 aromatic carbocycles. The van der Waals surface area contributed by atoms with Gasteiger partial charge in [-0.2, -0.15) is 0 Å². The van der Waals surface area contributed by atoms with Crippen LogP contribution in [0.2, 0.25) is 0 Å². The third-order valence-electron chi connectivity index (χ3n) is 2.54. The zero-order chi connectivity index (χ0) is 11.4. The Morgan fingerprint density at radius 1 is 0.706 bits per heavy atom. The summed E-state index contributed by atoms with van der Waals surface area (Å²) in [6.45, 7) is 0. The fourth-order valence-corrected chi connectivity index (χ4v) is 1.88. The summed E-state index contributed by atoms with van der Waals surface area (Å²) in [5, 5.41) is 0. The summed E-state index contributed by atoms with van der Waals surface area (Å²) in [6.07, 6.45) is 0.